The third kappa shape index (κ3) is 6.84. The van der Waals surface area contributed by atoms with Crippen molar-refractivity contribution in [1.29, 1.82) is 0 Å². The fourth-order valence-corrected chi connectivity index (χ4v) is 3.13. The second-order valence-electron chi connectivity index (χ2n) is 8.99. The van der Waals surface area contributed by atoms with Crippen LogP contribution in [0.25, 0.3) is 0 Å². The second kappa shape index (κ2) is 11.7. The minimum absolute atomic E-state index is 0. The Labute approximate surface area is 197 Å². The van der Waals surface area contributed by atoms with Gasteiger partial charge in [0.1, 0.15) is 11.9 Å². The average Bonchev–Trinajstić information content (AvgIpc) is 2.71. The van der Waals surface area contributed by atoms with Gasteiger partial charge in [-0.05, 0) is 48.6 Å². The molecule has 0 aliphatic carbocycles. The summed E-state index contributed by atoms with van der Waals surface area (Å²) < 4.78 is 10.8. The van der Waals surface area contributed by atoms with Crippen LogP contribution in [0.1, 0.15) is 85.8 Å². The molecular formula is C25H37NiO5-. The Bertz CT molecular complexity index is 808. The van der Waals surface area contributed by atoms with Crippen LogP contribution in [0.5, 0.6) is 5.75 Å². The summed E-state index contributed by atoms with van der Waals surface area (Å²) in [5.41, 5.74) is 1.57. The normalized spacial score (nSPS) is 13.6. The molecule has 1 rings (SSSR count). The van der Waals surface area contributed by atoms with Crippen molar-refractivity contribution >= 4 is 11.8 Å². The van der Waals surface area contributed by atoms with Crippen molar-refractivity contribution in [2.24, 2.45) is 0 Å². The number of rotatable bonds is 10. The Kier molecular flexibility index (Phi) is 11.0. The van der Waals surface area contributed by atoms with Gasteiger partial charge in [-0.3, -0.25) is 4.79 Å². The molecule has 1 aromatic carbocycles. The van der Waals surface area contributed by atoms with E-state index < -0.39 is 29.2 Å². The van der Waals surface area contributed by atoms with Crippen LogP contribution in [0.3, 0.4) is 0 Å². The molecule has 0 spiro atoms. The van der Waals surface area contributed by atoms with Gasteiger partial charge in [-0.1, -0.05) is 66.4 Å². The fraction of sp³-hybridized carbons (Fsp3) is 0.600. The van der Waals surface area contributed by atoms with Crippen LogP contribution in [0, 0.1) is 0 Å². The van der Waals surface area contributed by atoms with Gasteiger partial charge in [0.25, 0.3) is 0 Å². The molecule has 0 fully saturated rings. The first-order valence-corrected chi connectivity index (χ1v) is 10.7. The molecular weight excluding hydrogens is 439 g/mol. The zero-order chi connectivity index (χ0) is 23.3. The standard InChI is InChI=1S/C25H38O5.Ni/c1-10-19(22(27)21(16(4)26)23(28)29-9)30-20-14-13-17(24(5,6)11-2)15-18(20)25(7,8)12-3;/h13-15,19,27H,10-12H2,1-9H3;/p-1. The molecule has 0 aliphatic heterocycles. The van der Waals surface area contributed by atoms with Gasteiger partial charge >= 0.3 is 5.97 Å². The summed E-state index contributed by atoms with van der Waals surface area (Å²) in [6.45, 7) is 15.9. The van der Waals surface area contributed by atoms with Crippen molar-refractivity contribution in [3.8, 4) is 5.75 Å². The first-order chi connectivity index (χ1) is 13.9. The molecule has 1 aromatic rings. The van der Waals surface area contributed by atoms with Crippen LogP contribution in [-0.2, 0) is 41.6 Å². The monoisotopic (exact) mass is 475 g/mol. The summed E-state index contributed by atoms with van der Waals surface area (Å²) >= 11 is 0. The smallest absolute Gasteiger partial charge is 0.340 e. The van der Waals surface area contributed by atoms with E-state index in [4.69, 9.17) is 4.74 Å². The number of benzene rings is 1. The molecule has 0 N–H and O–H groups in total. The van der Waals surface area contributed by atoms with E-state index in [1.807, 2.05) is 12.1 Å². The minimum Gasteiger partial charge on any atom is -0.872 e. The Hall–Kier alpha value is -1.81. The Morgan fingerprint density at radius 3 is 2.00 bits per heavy atom. The number of Topliss-reactive ketones (excluding diaryl/α,β-unsaturated/α-hetero) is 1. The molecule has 1 atom stereocenters. The third-order valence-corrected chi connectivity index (χ3v) is 6.18. The van der Waals surface area contributed by atoms with Crippen LogP contribution in [-0.4, -0.2) is 25.0 Å². The molecule has 0 heterocycles. The Morgan fingerprint density at radius 1 is 1.03 bits per heavy atom. The van der Waals surface area contributed by atoms with Gasteiger partial charge < -0.3 is 14.6 Å². The van der Waals surface area contributed by atoms with Crippen LogP contribution < -0.4 is 9.84 Å². The number of esters is 1. The van der Waals surface area contributed by atoms with Crippen LogP contribution in [0.4, 0.5) is 0 Å². The van der Waals surface area contributed by atoms with Crippen molar-refractivity contribution in [2.75, 3.05) is 7.11 Å². The quantitative estimate of drug-likeness (QED) is 0.123. The van der Waals surface area contributed by atoms with Gasteiger partial charge in [0.2, 0.25) is 0 Å². The maximum absolute atomic E-state index is 12.9. The fourth-order valence-electron chi connectivity index (χ4n) is 3.13. The molecule has 31 heavy (non-hydrogen) atoms. The maximum atomic E-state index is 12.9. The summed E-state index contributed by atoms with van der Waals surface area (Å²) in [6.07, 6.45) is 1.25. The van der Waals surface area contributed by atoms with E-state index in [-0.39, 0.29) is 27.3 Å². The molecule has 178 valence electrons. The first kappa shape index (κ1) is 29.2. The number of hydrogen-bond donors (Lipinski definition) is 0. The topological polar surface area (TPSA) is 75.7 Å². The van der Waals surface area contributed by atoms with Crippen molar-refractivity contribution in [2.45, 2.75) is 91.6 Å². The molecule has 0 bridgehead atoms. The predicted octanol–water partition coefficient (Wildman–Crippen LogP) is 4.59. The Morgan fingerprint density at radius 2 is 1.58 bits per heavy atom. The average molecular weight is 476 g/mol. The molecule has 1 unspecified atom stereocenters. The number of methoxy groups -OCH3 is 1. The molecule has 0 saturated carbocycles. The number of hydrogen-bond acceptors (Lipinski definition) is 5. The molecule has 0 aliphatic rings. The zero-order valence-electron chi connectivity index (χ0n) is 20.3. The van der Waals surface area contributed by atoms with Gasteiger partial charge in [0.15, 0.2) is 5.78 Å². The molecule has 0 saturated heterocycles. The largest absolute Gasteiger partial charge is 0.872 e. The summed E-state index contributed by atoms with van der Waals surface area (Å²) in [5.74, 6) is -1.59. The van der Waals surface area contributed by atoms with E-state index in [1.165, 1.54) is 12.5 Å². The van der Waals surface area contributed by atoms with Gasteiger partial charge in [0, 0.05) is 22.1 Å². The van der Waals surface area contributed by atoms with E-state index in [2.05, 4.69) is 52.3 Å². The summed E-state index contributed by atoms with van der Waals surface area (Å²) in [5, 5.41) is 12.9. The van der Waals surface area contributed by atoms with Gasteiger partial charge in [-0.25, -0.2) is 4.79 Å². The SMILES string of the molecule is CCC(Oc1ccc(C(C)(C)CC)cc1C(C)(C)CC)C([O-])=C(C(C)=O)C(=O)OC.[Ni]. The molecule has 5 nitrogen and oxygen atoms in total. The zero-order valence-corrected chi connectivity index (χ0v) is 21.3. The van der Waals surface area contributed by atoms with Crippen molar-refractivity contribution in [3.05, 3.63) is 40.7 Å². The predicted molar refractivity (Wildman–Crippen MR) is 118 cm³/mol. The van der Waals surface area contributed by atoms with Crippen molar-refractivity contribution in [3.63, 3.8) is 0 Å². The van der Waals surface area contributed by atoms with Crippen LogP contribution in [0.15, 0.2) is 29.5 Å². The van der Waals surface area contributed by atoms with Gasteiger partial charge in [-0.15, -0.1) is 0 Å². The van der Waals surface area contributed by atoms with E-state index in [1.54, 1.807) is 6.92 Å². The number of ketones is 1. The molecule has 0 amide bonds. The minimum atomic E-state index is -0.945. The van der Waals surface area contributed by atoms with E-state index in [0.717, 1.165) is 25.5 Å². The van der Waals surface area contributed by atoms with E-state index >= 15 is 0 Å². The van der Waals surface area contributed by atoms with E-state index in [0.29, 0.717) is 12.2 Å². The Balaban J connectivity index is 0.00000900. The van der Waals surface area contributed by atoms with Crippen LogP contribution in [0.2, 0.25) is 0 Å². The third-order valence-electron chi connectivity index (χ3n) is 6.18. The van der Waals surface area contributed by atoms with Crippen LogP contribution >= 0.6 is 0 Å². The number of carbonyl (C=O) groups is 2. The maximum Gasteiger partial charge on any atom is 0.340 e. The summed E-state index contributed by atoms with van der Waals surface area (Å²) in [4.78, 5) is 23.9. The van der Waals surface area contributed by atoms with Crippen molar-refractivity contribution < 1.29 is 40.7 Å². The molecule has 6 heteroatoms. The van der Waals surface area contributed by atoms with Crippen molar-refractivity contribution in [1.82, 2.24) is 0 Å². The molecule has 0 aromatic heterocycles. The summed E-state index contributed by atoms with van der Waals surface area (Å²) in [7, 11) is 1.15. The summed E-state index contributed by atoms with van der Waals surface area (Å²) in [6, 6.07) is 6.09. The van der Waals surface area contributed by atoms with Gasteiger partial charge in [0.05, 0.1) is 12.7 Å². The molecule has 0 radical (unpaired) electrons. The van der Waals surface area contributed by atoms with E-state index in [9.17, 15) is 14.7 Å². The first-order valence-electron chi connectivity index (χ1n) is 10.7. The number of carbonyl (C=O) groups excluding carboxylic acids is 2. The second-order valence-corrected chi connectivity index (χ2v) is 8.99. The number of ether oxygens (including phenoxy) is 2. The van der Waals surface area contributed by atoms with Gasteiger partial charge in [-0.2, -0.15) is 0 Å².